The first-order valence-electron chi connectivity index (χ1n) is 6.57. The molecular weight excluding hydrogens is 228 g/mol. The maximum absolute atomic E-state index is 3.64. The van der Waals surface area contributed by atoms with E-state index in [9.17, 15) is 0 Å². The first-order valence-corrected chi connectivity index (χ1v) is 7.96. The van der Waals surface area contributed by atoms with Crippen LogP contribution in [0.25, 0.3) is 0 Å². The Balaban J connectivity index is 2.63. The zero-order chi connectivity index (χ0) is 12.7. The number of aryl methyl sites for hydroxylation is 1. The van der Waals surface area contributed by atoms with Crippen molar-refractivity contribution in [3.8, 4) is 0 Å². The Bertz CT molecular complexity index is 307. The van der Waals surface area contributed by atoms with Gasteiger partial charge in [-0.05, 0) is 36.8 Å². The number of thioether (sulfide) groups is 1. The van der Waals surface area contributed by atoms with Gasteiger partial charge < -0.3 is 9.88 Å². The Labute approximate surface area is 110 Å². The molecule has 0 saturated heterocycles. The van der Waals surface area contributed by atoms with Gasteiger partial charge in [-0.1, -0.05) is 20.8 Å². The molecule has 1 unspecified atom stereocenters. The molecule has 0 saturated carbocycles. The van der Waals surface area contributed by atoms with Crippen LogP contribution in [0.2, 0.25) is 0 Å². The van der Waals surface area contributed by atoms with Crippen molar-refractivity contribution in [3.05, 3.63) is 24.0 Å². The van der Waals surface area contributed by atoms with Crippen LogP contribution in [0.15, 0.2) is 18.5 Å². The Hall–Kier alpha value is -0.410. The number of aromatic nitrogens is 1. The van der Waals surface area contributed by atoms with E-state index in [0.29, 0.717) is 12.0 Å². The van der Waals surface area contributed by atoms with Gasteiger partial charge in [-0.25, -0.2) is 0 Å². The monoisotopic (exact) mass is 254 g/mol. The van der Waals surface area contributed by atoms with Crippen LogP contribution < -0.4 is 5.32 Å². The number of hydrogen-bond donors (Lipinski definition) is 1. The van der Waals surface area contributed by atoms with Crippen molar-refractivity contribution in [2.24, 2.45) is 5.92 Å². The Morgan fingerprint density at radius 1 is 1.41 bits per heavy atom. The molecule has 3 heteroatoms. The average Bonchev–Trinajstić information content (AvgIpc) is 2.75. The van der Waals surface area contributed by atoms with E-state index >= 15 is 0 Å². The number of hydrogen-bond acceptors (Lipinski definition) is 2. The molecule has 1 aromatic rings. The van der Waals surface area contributed by atoms with Gasteiger partial charge in [-0.2, -0.15) is 11.8 Å². The molecule has 0 spiro atoms. The standard InChI is InChI=1S/C14H26N2S/c1-5-7-15-14(12(2)3)13-6-8-16(11-13)9-10-17-4/h6,8,11-12,14-15H,5,7,9-10H2,1-4H3. The van der Waals surface area contributed by atoms with Gasteiger partial charge in [0.25, 0.3) is 0 Å². The normalized spacial score (nSPS) is 13.2. The van der Waals surface area contributed by atoms with Crippen LogP contribution in [0, 0.1) is 5.92 Å². The summed E-state index contributed by atoms with van der Waals surface area (Å²) in [6, 6.07) is 2.75. The molecule has 1 N–H and O–H groups in total. The first-order chi connectivity index (χ1) is 8.19. The Morgan fingerprint density at radius 3 is 2.76 bits per heavy atom. The van der Waals surface area contributed by atoms with E-state index in [1.165, 1.54) is 17.7 Å². The van der Waals surface area contributed by atoms with Crippen LogP contribution in [-0.4, -0.2) is 23.1 Å². The van der Waals surface area contributed by atoms with E-state index in [-0.39, 0.29) is 0 Å². The summed E-state index contributed by atoms with van der Waals surface area (Å²) < 4.78 is 2.30. The molecule has 0 radical (unpaired) electrons. The van der Waals surface area contributed by atoms with E-state index in [1.54, 1.807) is 0 Å². The van der Waals surface area contributed by atoms with Crippen LogP contribution >= 0.6 is 11.8 Å². The van der Waals surface area contributed by atoms with Crippen molar-refractivity contribution in [1.82, 2.24) is 9.88 Å². The largest absolute Gasteiger partial charge is 0.353 e. The maximum atomic E-state index is 3.64. The summed E-state index contributed by atoms with van der Waals surface area (Å²) in [5.74, 6) is 1.82. The quantitative estimate of drug-likeness (QED) is 0.764. The van der Waals surface area contributed by atoms with Crippen LogP contribution in [-0.2, 0) is 6.54 Å². The summed E-state index contributed by atoms with van der Waals surface area (Å²) >= 11 is 1.90. The topological polar surface area (TPSA) is 17.0 Å². The molecule has 0 amide bonds. The lowest BCUT2D eigenvalue weighted by Gasteiger charge is -2.21. The summed E-state index contributed by atoms with van der Waals surface area (Å²) in [6.45, 7) is 8.99. The third-order valence-corrected chi connectivity index (χ3v) is 3.56. The Kier molecular flexibility index (Phi) is 6.75. The number of nitrogens with zero attached hydrogens (tertiary/aromatic N) is 1. The number of rotatable bonds is 8. The van der Waals surface area contributed by atoms with Gasteiger partial charge in [0.15, 0.2) is 0 Å². The lowest BCUT2D eigenvalue weighted by molar-refractivity contribution is 0.412. The van der Waals surface area contributed by atoms with Gasteiger partial charge in [0.2, 0.25) is 0 Å². The SMILES string of the molecule is CCCNC(c1ccn(CCSC)c1)C(C)C. The molecule has 0 aromatic carbocycles. The summed E-state index contributed by atoms with van der Waals surface area (Å²) in [4.78, 5) is 0. The van der Waals surface area contributed by atoms with E-state index in [2.05, 4.69) is 55.4 Å². The van der Waals surface area contributed by atoms with E-state index in [4.69, 9.17) is 0 Å². The lowest BCUT2D eigenvalue weighted by Crippen LogP contribution is -2.26. The van der Waals surface area contributed by atoms with E-state index in [0.717, 1.165) is 13.1 Å². The molecule has 1 heterocycles. The predicted octanol–water partition coefficient (Wildman–Crippen LogP) is 3.55. The van der Waals surface area contributed by atoms with Crippen LogP contribution in [0.3, 0.4) is 0 Å². The molecular formula is C14H26N2S. The highest BCUT2D eigenvalue weighted by Crippen LogP contribution is 2.22. The zero-order valence-electron chi connectivity index (χ0n) is 11.6. The molecule has 0 aliphatic heterocycles. The lowest BCUT2D eigenvalue weighted by atomic mass is 9.98. The van der Waals surface area contributed by atoms with Gasteiger partial charge in [0.05, 0.1) is 0 Å². The van der Waals surface area contributed by atoms with Gasteiger partial charge >= 0.3 is 0 Å². The molecule has 1 rings (SSSR count). The molecule has 1 atom stereocenters. The number of nitrogens with one attached hydrogen (secondary N) is 1. The van der Waals surface area contributed by atoms with Gasteiger partial charge in [-0.15, -0.1) is 0 Å². The van der Waals surface area contributed by atoms with Crippen LogP contribution in [0.4, 0.5) is 0 Å². The fourth-order valence-electron chi connectivity index (χ4n) is 2.02. The summed E-state index contributed by atoms with van der Waals surface area (Å²) in [5, 5.41) is 3.64. The van der Waals surface area contributed by atoms with Crippen molar-refractivity contribution in [2.45, 2.75) is 39.8 Å². The third-order valence-electron chi connectivity index (χ3n) is 2.97. The summed E-state index contributed by atoms with van der Waals surface area (Å²) in [6.07, 6.45) is 7.85. The van der Waals surface area contributed by atoms with Gasteiger partial charge in [-0.3, -0.25) is 0 Å². The summed E-state index contributed by atoms with van der Waals surface area (Å²) in [5.41, 5.74) is 1.43. The highest BCUT2D eigenvalue weighted by atomic mass is 32.2. The maximum Gasteiger partial charge on any atom is 0.0358 e. The van der Waals surface area contributed by atoms with Crippen LogP contribution in [0.1, 0.15) is 38.8 Å². The molecule has 0 aliphatic carbocycles. The highest BCUT2D eigenvalue weighted by molar-refractivity contribution is 7.98. The van der Waals surface area contributed by atoms with Crippen molar-refractivity contribution in [2.75, 3.05) is 18.6 Å². The van der Waals surface area contributed by atoms with Crippen molar-refractivity contribution >= 4 is 11.8 Å². The summed E-state index contributed by atoms with van der Waals surface area (Å²) in [7, 11) is 0. The third kappa shape index (κ3) is 4.76. The minimum Gasteiger partial charge on any atom is -0.353 e. The smallest absolute Gasteiger partial charge is 0.0358 e. The molecule has 0 fully saturated rings. The van der Waals surface area contributed by atoms with Gasteiger partial charge in [0, 0.05) is 30.7 Å². The van der Waals surface area contributed by atoms with Gasteiger partial charge in [0.1, 0.15) is 0 Å². The molecule has 17 heavy (non-hydrogen) atoms. The second-order valence-electron chi connectivity index (χ2n) is 4.85. The second kappa shape index (κ2) is 7.83. The van der Waals surface area contributed by atoms with Crippen molar-refractivity contribution in [1.29, 1.82) is 0 Å². The fraction of sp³-hybridized carbons (Fsp3) is 0.714. The first kappa shape index (κ1) is 14.7. The van der Waals surface area contributed by atoms with Crippen LogP contribution in [0.5, 0.6) is 0 Å². The Morgan fingerprint density at radius 2 is 2.18 bits per heavy atom. The second-order valence-corrected chi connectivity index (χ2v) is 5.84. The minimum absolute atomic E-state index is 0.491. The predicted molar refractivity (Wildman–Crippen MR) is 78.7 cm³/mol. The van der Waals surface area contributed by atoms with Crippen molar-refractivity contribution in [3.63, 3.8) is 0 Å². The van der Waals surface area contributed by atoms with E-state index in [1.807, 2.05) is 11.8 Å². The molecule has 0 aliphatic rings. The minimum atomic E-state index is 0.491. The molecule has 1 aromatic heterocycles. The molecule has 2 nitrogen and oxygen atoms in total. The molecule has 98 valence electrons. The highest BCUT2D eigenvalue weighted by Gasteiger charge is 2.15. The van der Waals surface area contributed by atoms with Crippen molar-refractivity contribution < 1.29 is 0 Å². The molecule has 0 bridgehead atoms. The van der Waals surface area contributed by atoms with E-state index < -0.39 is 0 Å². The average molecular weight is 254 g/mol. The zero-order valence-corrected chi connectivity index (χ0v) is 12.4. The fourth-order valence-corrected chi connectivity index (χ4v) is 2.41.